The van der Waals surface area contributed by atoms with E-state index in [9.17, 15) is 13.2 Å². The van der Waals surface area contributed by atoms with Crippen molar-refractivity contribution >= 4 is 15.9 Å². The summed E-state index contributed by atoms with van der Waals surface area (Å²) in [7, 11) is -1.65. The molecule has 1 aromatic rings. The molecule has 18 heavy (non-hydrogen) atoms. The normalized spacial score (nSPS) is 16.9. The van der Waals surface area contributed by atoms with Gasteiger partial charge in [0.1, 0.15) is 0 Å². The van der Waals surface area contributed by atoms with Crippen molar-refractivity contribution in [2.45, 2.75) is 24.3 Å². The first-order chi connectivity index (χ1) is 8.40. The van der Waals surface area contributed by atoms with E-state index in [2.05, 4.69) is 0 Å². The largest absolute Gasteiger partial charge is 0.465 e. The lowest BCUT2D eigenvalue weighted by molar-refractivity contribution is 0.153. The highest BCUT2D eigenvalue weighted by Crippen LogP contribution is 2.26. The molecule has 1 N–H and O–H groups in total. The Morgan fingerprint density at radius 1 is 1.44 bits per heavy atom. The highest BCUT2D eigenvalue weighted by molar-refractivity contribution is 7.91. The van der Waals surface area contributed by atoms with Crippen LogP contribution in [0.25, 0.3) is 0 Å². The van der Waals surface area contributed by atoms with Crippen LogP contribution in [0.4, 0.5) is 4.79 Å². The summed E-state index contributed by atoms with van der Waals surface area (Å²) in [5, 5.41) is 8.79. The molecule has 0 bridgehead atoms. The maximum Gasteiger partial charge on any atom is 0.407 e. The molecule has 0 saturated heterocycles. The number of benzene rings is 1. The van der Waals surface area contributed by atoms with Crippen LogP contribution in [-0.2, 0) is 22.8 Å². The van der Waals surface area contributed by atoms with Crippen molar-refractivity contribution < 1.29 is 18.3 Å². The molecule has 1 aromatic carbocycles. The van der Waals surface area contributed by atoms with Crippen LogP contribution in [0.15, 0.2) is 23.1 Å². The maximum atomic E-state index is 11.8. The molecule has 0 saturated carbocycles. The lowest BCUT2D eigenvalue weighted by Crippen LogP contribution is -2.24. The Labute approximate surface area is 106 Å². The van der Waals surface area contributed by atoms with E-state index in [1.54, 1.807) is 18.2 Å². The quantitative estimate of drug-likeness (QED) is 0.883. The zero-order chi connectivity index (χ0) is 13.3. The van der Waals surface area contributed by atoms with Crippen molar-refractivity contribution in [3.05, 3.63) is 29.3 Å². The molecule has 5 nitrogen and oxygen atoms in total. The number of nitrogens with zero attached hydrogens (tertiary/aromatic N) is 1. The number of fused-ring (bicyclic) bond motifs is 1. The fourth-order valence-electron chi connectivity index (χ4n) is 2.13. The van der Waals surface area contributed by atoms with Crippen LogP contribution in [0, 0.1) is 0 Å². The highest BCUT2D eigenvalue weighted by Gasteiger charge is 2.23. The van der Waals surface area contributed by atoms with E-state index in [1.165, 1.54) is 11.9 Å². The van der Waals surface area contributed by atoms with Crippen LogP contribution in [0.5, 0.6) is 0 Å². The third-order valence-electron chi connectivity index (χ3n) is 3.07. The molecule has 0 unspecified atom stereocenters. The predicted octanol–water partition coefficient (Wildman–Crippen LogP) is 1.52. The topological polar surface area (TPSA) is 74.7 Å². The number of amides is 1. The SMILES string of the molecule is CN(Cc1ccc2c(c1)CCCS2(=O)=O)C(=O)O. The number of hydrogen-bond acceptors (Lipinski definition) is 3. The minimum absolute atomic E-state index is 0.203. The van der Waals surface area contributed by atoms with Crippen molar-refractivity contribution in [3.63, 3.8) is 0 Å². The van der Waals surface area contributed by atoms with E-state index in [4.69, 9.17) is 5.11 Å². The summed E-state index contributed by atoms with van der Waals surface area (Å²) in [6, 6.07) is 5.07. The minimum atomic E-state index is -3.13. The number of hydrogen-bond donors (Lipinski definition) is 1. The lowest BCUT2D eigenvalue weighted by Gasteiger charge is -2.18. The predicted molar refractivity (Wildman–Crippen MR) is 66.3 cm³/mol. The van der Waals surface area contributed by atoms with E-state index in [1.807, 2.05) is 0 Å². The zero-order valence-corrected chi connectivity index (χ0v) is 10.9. The van der Waals surface area contributed by atoms with Crippen molar-refractivity contribution in [1.29, 1.82) is 0 Å². The number of carboxylic acid groups (broad SMARTS) is 1. The van der Waals surface area contributed by atoms with Crippen LogP contribution in [0.1, 0.15) is 17.5 Å². The van der Waals surface area contributed by atoms with Crippen LogP contribution >= 0.6 is 0 Å². The maximum absolute atomic E-state index is 11.8. The van der Waals surface area contributed by atoms with Crippen molar-refractivity contribution in [3.8, 4) is 0 Å². The summed E-state index contributed by atoms with van der Waals surface area (Å²) in [6.45, 7) is 0.267. The molecule has 1 aliphatic rings. The standard InChI is InChI=1S/C12H15NO4S/c1-13(12(14)15)8-9-4-5-11-10(7-9)3-2-6-18(11,16)17/h4-5,7H,2-3,6,8H2,1H3,(H,14,15). The first-order valence-corrected chi connectivity index (χ1v) is 7.34. The molecule has 0 spiro atoms. The molecule has 0 aromatic heterocycles. The van der Waals surface area contributed by atoms with E-state index in [0.717, 1.165) is 17.5 Å². The number of sulfone groups is 1. The number of rotatable bonds is 2. The zero-order valence-electron chi connectivity index (χ0n) is 10.1. The molecule has 6 heteroatoms. The summed E-state index contributed by atoms with van der Waals surface area (Å²) in [4.78, 5) is 12.3. The van der Waals surface area contributed by atoms with Gasteiger partial charge in [-0.1, -0.05) is 12.1 Å². The Morgan fingerprint density at radius 3 is 2.83 bits per heavy atom. The van der Waals surface area contributed by atoms with Crippen molar-refractivity contribution in [1.82, 2.24) is 4.90 Å². The molecule has 1 amide bonds. The fourth-order valence-corrected chi connectivity index (χ4v) is 3.71. The lowest BCUT2D eigenvalue weighted by atomic mass is 10.1. The molecule has 0 fully saturated rings. The average molecular weight is 269 g/mol. The molecule has 0 radical (unpaired) electrons. The van der Waals surface area contributed by atoms with Crippen LogP contribution in [0.3, 0.4) is 0 Å². The molecule has 1 heterocycles. The third-order valence-corrected chi connectivity index (χ3v) is 4.96. The molecule has 0 atom stereocenters. The average Bonchev–Trinajstić information content (AvgIpc) is 2.28. The molecule has 98 valence electrons. The van der Waals surface area contributed by atoms with Gasteiger partial charge in [-0.3, -0.25) is 0 Å². The monoisotopic (exact) mass is 269 g/mol. The summed E-state index contributed by atoms with van der Waals surface area (Å²) < 4.78 is 23.6. The molecular weight excluding hydrogens is 254 g/mol. The molecule has 0 aliphatic carbocycles. The Hall–Kier alpha value is -1.56. The summed E-state index contributed by atoms with van der Waals surface area (Å²) in [5.41, 5.74) is 1.62. The van der Waals surface area contributed by atoms with Gasteiger partial charge in [-0.05, 0) is 30.0 Å². The van der Waals surface area contributed by atoms with Gasteiger partial charge in [0, 0.05) is 13.6 Å². The van der Waals surface area contributed by atoms with Gasteiger partial charge in [0.2, 0.25) is 0 Å². The minimum Gasteiger partial charge on any atom is -0.465 e. The van der Waals surface area contributed by atoms with Crippen LogP contribution in [-0.4, -0.2) is 37.3 Å². The first kappa shape index (κ1) is 12.9. The summed E-state index contributed by atoms with van der Waals surface area (Å²) >= 11 is 0. The second-order valence-corrected chi connectivity index (χ2v) is 6.58. The fraction of sp³-hybridized carbons (Fsp3) is 0.417. The summed E-state index contributed by atoms with van der Waals surface area (Å²) in [6.07, 6.45) is 0.368. The highest BCUT2D eigenvalue weighted by atomic mass is 32.2. The number of aryl methyl sites for hydroxylation is 1. The number of carbonyl (C=O) groups is 1. The van der Waals surface area contributed by atoms with Gasteiger partial charge < -0.3 is 10.0 Å². The summed E-state index contributed by atoms with van der Waals surface area (Å²) in [5.74, 6) is 0.203. The van der Waals surface area contributed by atoms with Gasteiger partial charge in [-0.15, -0.1) is 0 Å². The third kappa shape index (κ3) is 2.48. The van der Waals surface area contributed by atoms with Crippen LogP contribution in [0.2, 0.25) is 0 Å². The Bertz CT molecular complexity index is 580. The Balaban J connectivity index is 2.31. The smallest absolute Gasteiger partial charge is 0.407 e. The second kappa shape index (κ2) is 4.61. The molecule has 1 aliphatic heterocycles. The van der Waals surface area contributed by atoms with Gasteiger partial charge in [-0.2, -0.15) is 0 Å². The second-order valence-electron chi connectivity index (χ2n) is 4.50. The van der Waals surface area contributed by atoms with E-state index >= 15 is 0 Å². The Morgan fingerprint density at radius 2 is 2.17 bits per heavy atom. The van der Waals surface area contributed by atoms with Gasteiger partial charge in [0.05, 0.1) is 10.6 Å². The van der Waals surface area contributed by atoms with Crippen LogP contribution < -0.4 is 0 Å². The Kier molecular flexibility index (Phi) is 3.30. The first-order valence-electron chi connectivity index (χ1n) is 5.69. The van der Waals surface area contributed by atoms with Crippen molar-refractivity contribution in [2.75, 3.05) is 12.8 Å². The molecule has 2 rings (SSSR count). The van der Waals surface area contributed by atoms with E-state index in [-0.39, 0.29) is 12.3 Å². The van der Waals surface area contributed by atoms with E-state index < -0.39 is 15.9 Å². The van der Waals surface area contributed by atoms with E-state index in [0.29, 0.717) is 11.3 Å². The van der Waals surface area contributed by atoms with Gasteiger partial charge in [-0.25, -0.2) is 13.2 Å². The van der Waals surface area contributed by atoms with Crippen molar-refractivity contribution in [2.24, 2.45) is 0 Å². The molecular formula is C12H15NO4S. The van der Waals surface area contributed by atoms with Gasteiger partial charge in [0.15, 0.2) is 9.84 Å². The van der Waals surface area contributed by atoms with Gasteiger partial charge >= 0.3 is 6.09 Å². The van der Waals surface area contributed by atoms with Gasteiger partial charge in [0.25, 0.3) is 0 Å².